The van der Waals surface area contributed by atoms with Crippen LogP contribution in [0.25, 0.3) is 44.1 Å². The van der Waals surface area contributed by atoms with Crippen LogP contribution in [0.3, 0.4) is 0 Å². The van der Waals surface area contributed by atoms with Gasteiger partial charge in [0.05, 0.1) is 83.7 Å². The number of aromatic amines is 2. The topological polar surface area (TPSA) is 230 Å². The van der Waals surface area contributed by atoms with E-state index in [1.807, 2.05) is 111 Å². The fourth-order valence-electron chi connectivity index (χ4n) is 11.6. The Labute approximate surface area is 592 Å². The van der Waals surface area contributed by atoms with Crippen molar-refractivity contribution in [1.29, 1.82) is 0 Å². The average molecular weight is 1440 g/mol. The molecule has 4 aromatic carbocycles. The second-order valence-electron chi connectivity index (χ2n) is 27.8. The molecule has 5 fully saturated rings. The number of aromatic nitrogens is 4. The maximum Gasteiger partial charge on any atom is 0.494 e. The summed E-state index contributed by atoms with van der Waals surface area (Å²) in [5.41, 5.74) is 2.64. The fourth-order valence-corrected chi connectivity index (χ4v) is 12.0. The number of likely N-dealkylation sites (tertiary alicyclic amines) is 2. The molecule has 0 aliphatic carbocycles. The van der Waals surface area contributed by atoms with Gasteiger partial charge in [0.1, 0.15) is 23.7 Å². The molecule has 4 atom stereocenters. The van der Waals surface area contributed by atoms with Gasteiger partial charge in [0.2, 0.25) is 11.8 Å². The number of rotatable bonds is 12. The van der Waals surface area contributed by atoms with Crippen molar-refractivity contribution in [3.8, 4) is 22.5 Å². The highest BCUT2D eigenvalue weighted by atomic mass is 79.9. The quantitative estimate of drug-likeness (QED) is 0.0836. The summed E-state index contributed by atoms with van der Waals surface area (Å²) in [5, 5.41) is 9.88. The third-order valence-corrected chi connectivity index (χ3v) is 19.7. The lowest BCUT2D eigenvalue weighted by Gasteiger charge is -2.32. The van der Waals surface area contributed by atoms with Crippen LogP contribution >= 0.6 is 69.9 Å². The summed E-state index contributed by atoms with van der Waals surface area (Å²) in [6.07, 6.45) is 5.83. The molecule has 11 rings (SSSR count). The van der Waals surface area contributed by atoms with Crippen LogP contribution in [0.1, 0.15) is 160 Å². The number of hydrogen-bond donors (Lipinski definition) is 4. The number of carbonyl (C=O) groups excluding carboxylic acids is 4. The van der Waals surface area contributed by atoms with Crippen LogP contribution in [0.5, 0.6) is 0 Å². The first-order valence-electron chi connectivity index (χ1n) is 31.4. The molecule has 0 unspecified atom stereocenters. The molecule has 4 amide bonds. The number of alkyl carbamates (subject to hydrolysis) is 2. The first-order chi connectivity index (χ1) is 42.1. The first kappa shape index (κ1) is 79.8. The van der Waals surface area contributed by atoms with Crippen LogP contribution in [-0.4, -0.2) is 148 Å². The van der Waals surface area contributed by atoms with Crippen molar-refractivity contribution in [3.05, 3.63) is 101 Å². The number of nitrogens with one attached hydrogen (secondary N) is 4. The molecule has 20 nitrogen and oxygen atoms in total. The monoisotopic (exact) mass is 1430 g/mol. The van der Waals surface area contributed by atoms with E-state index in [2.05, 4.69) is 141 Å². The number of benzene rings is 4. The number of methoxy groups -OCH3 is 2. The number of carbonyl (C=O) groups is 4. The highest BCUT2D eigenvalue weighted by Crippen LogP contribution is 2.44. The van der Waals surface area contributed by atoms with Gasteiger partial charge in [0.25, 0.3) is 0 Å². The Morgan fingerprint density at radius 3 is 1.23 bits per heavy atom. The fraction of sp³-hybridized carbons (Fsp3) is 0.545. The Morgan fingerprint density at radius 1 is 0.521 bits per heavy atom. The molecule has 5 saturated heterocycles. The minimum absolute atomic E-state index is 0. The van der Waals surface area contributed by atoms with Crippen molar-refractivity contribution in [2.24, 2.45) is 11.8 Å². The summed E-state index contributed by atoms with van der Waals surface area (Å²) in [6, 6.07) is 23.4. The Kier molecular flexibility index (Phi) is 26.6. The van der Waals surface area contributed by atoms with E-state index < -0.39 is 45.4 Å². The number of hydrogen-bond acceptors (Lipinski definition) is 14. The minimum atomic E-state index is -0.662. The molecular formula is C66H98B3BrN8O12S4. The number of halogens is 1. The van der Waals surface area contributed by atoms with Gasteiger partial charge in [-0.2, -0.15) is 54.0 Å². The van der Waals surface area contributed by atoms with Crippen molar-refractivity contribution in [1.82, 2.24) is 40.4 Å². The summed E-state index contributed by atoms with van der Waals surface area (Å²) in [4.78, 5) is 70.1. The number of H-pyrrole nitrogens is 2. The summed E-state index contributed by atoms with van der Waals surface area (Å²) in [5.74, 6) is 1.14. The van der Waals surface area contributed by atoms with E-state index in [1.165, 1.54) is 14.2 Å². The van der Waals surface area contributed by atoms with Gasteiger partial charge in [0, 0.05) is 28.7 Å². The maximum absolute atomic E-state index is 13.4. The van der Waals surface area contributed by atoms with Crippen molar-refractivity contribution >= 4 is 142 Å². The van der Waals surface area contributed by atoms with Crippen molar-refractivity contribution in [3.63, 3.8) is 0 Å². The Bertz CT molecular complexity index is 3530. The molecule has 0 radical (unpaired) electrons. The van der Waals surface area contributed by atoms with Crippen molar-refractivity contribution in [2.45, 2.75) is 194 Å². The summed E-state index contributed by atoms with van der Waals surface area (Å²) < 4.78 is 46.8. The molecule has 514 valence electrons. The number of fused-ring (bicyclic) bond motifs is 2. The largest absolute Gasteiger partial charge is 0.494 e. The molecule has 5 aliphatic heterocycles. The Hall–Kier alpha value is -4.87. The SMILES string of the molecule is CC1(C)OB(B2OC(C)(C)C(C)(C)O2)OC1(C)C.COC(=O)N[C@H](C(=O)N1CCC[C@H]1c1ncc(-c2ccc3cc(B4OC(C)(C)C(C)(C)O4)ccc3c2)[nH]1)C(C)C.COC(=O)N[C@H](C(=O)N1CCC[C@H]1c1ncc(-c2ccc3cc(Br)ccc3c2)[nH]1)C(C)C.S.S.S.S. The lowest BCUT2D eigenvalue weighted by atomic mass is 9.49. The van der Waals surface area contributed by atoms with Crippen LogP contribution in [0.4, 0.5) is 9.59 Å². The lowest BCUT2D eigenvalue weighted by Crippen LogP contribution is -2.51. The van der Waals surface area contributed by atoms with E-state index >= 15 is 0 Å². The predicted octanol–water partition coefficient (Wildman–Crippen LogP) is 12.3. The van der Waals surface area contributed by atoms with E-state index in [4.69, 9.17) is 37.4 Å². The lowest BCUT2D eigenvalue weighted by molar-refractivity contribution is -0.136. The molecule has 0 saturated carbocycles. The molecule has 6 aromatic rings. The zero-order valence-corrected chi connectivity index (χ0v) is 63.2. The van der Waals surface area contributed by atoms with Gasteiger partial charge in [-0.1, -0.05) is 92.2 Å². The highest BCUT2D eigenvalue weighted by molar-refractivity contribution is 9.10. The van der Waals surface area contributed by atoms with Crippen LogP contribution in [-0.2, 0) is 47.0 Å². The van der Waals surface area contributed by atoms with Crippen molar-refractivity contribution < 1.29 is 56.6 Å². The van der Waals surface area contributed by atoms with Crippen LogP contribution in [0.2, 0.25) is 0 Å². The number of imidazole rings is 2. The standard InChI is InChI=1S/C30H39BN4O5.C24H27BrN4O3.C12H24B2O4.4H2S/c1-18(2)25(34-28(37)38-7)27(36)35-14-8-9-24(35)26-32-17-23(33-26)21-11-10-20-16-22(13-12-19(20)15-21)31-39-29(3,4)30(5,6)40-31;1-14(2)21(28-24(31)32-3)23(30)29-10-4-5-20(29)22-26-13-19(27-22)17-7-6-16-12-18(25)9-8-15(16)11-17;1-9(2)10(3,4)16-13(15-9)14-17-11(5,6)12(7,8)18-14;;;;/h10-13,15-18,24-25H,8-9,14H2,1-7H3,(H,32,33)(H,34,37);6-9,11-14,20-21H,4-5,10H2,1-3H3,(H,26,27)(H,28,31);1-8H3;4*1H2/t24-,25-;20-,21-;;;;;/m00...../s1. The van der Waals surface area contributed by atoms with Crippen LogP contribution < -0.4 is 16.1 Å². The smallest absolute Gasteiger partial charge is 0.453 e. The zero-order valence-electron chi connectivity index (χ0n) is 57.6. The minimum Gasteiger partial charge on any atom is -0.453 e. The number of amides is 4. The molecule has 0 bridgehead atoms. The summed E-state index contributed by atoms with van der Waals surface area (Å²) in [7, 11) is 1.24. The zero-order chi connectivity index (χ0) is 65.6. The third-order valence-electron chi connectivity index (χ3n) is 19.3. The van der Waals surface area contributed by atoms with Gasteiger partial charge in [-0.05, 0) is 172 Å². The van der Waals surface area contributed by atoms with E-state index in [0.717, 1.165) is 91.3 Å². The summed E-state index contributed by atoms with van der Waals surface area (Å²) >= 11 is 3.51. The molecular weight excluding hydrogens is 1340 g/mol. The molecule has 5 aliphatic rings. The van der Waals surface area contributed by atoms with E-state index in [1.54, 1.807) is 0 Å². The van der Waals surface area contributed by atoms with Gasteiger partial charge in [-0.15, -0.1) is 0 Å². The van der Waals surface area contributed by atoms with Gasteiger partial charge >= 0.3 is 33.3 Å². The van der Waals surface area contributed by atoms with E-state index in [0.29, 0.717) is 13.1 Å². The highest BCUT2D eigenvalue weighted by Gasteiger charge is 2.64. The molecule has 2 aromatic heterocycles. The van der Waals surface area contributed by atoms with E-state index in [-0.39, 0.29) is 123 Å². The molecule has 4 N–H and O–H groups in total. The van der Waals surface area contributed by atoms with Crippen LogP contribution in [0.15, 0.2) is 89.7 Å². The second kappa shape index (κ2) is 31.3. The van der Waals surface area contributed by atoms with Crippen LogP contribution in [0, 0.1) is 11.8 Å². The molecule has 28 heteroatoms. The second-order valence-corrected chi connectivity index (χ2v) is 28.7. The number of ether oxygens (including phenoxy) is 2. The van der Waals surface area contributed by atoms with Gasteiger partial charge in [-0.25, -0.2) is 19.6 Å². The van der Waals surface area contributed by atoms with Gasteiger partial charge in [-0.3, -0.25) is 9.59 Å². The third kappa shape index (κ3) is 17.2. The first-order valence-corrected chi connectivity index (χ1v) is 32.1. The molecule has 7 heterocycles. The van der Waals surface area contributed by atoms with Gasteiger partial charge in [0.15, 0.2) is 0 Å². The Balaban J connectivity index is 0.000000266. The maximum atomic E-state index is 13.4. The van der Waals surface area contributed by atoms with E-state index in [9.17, 15) is 19.2 Å². The Morgan fingerprint density at radius 2 is 0.862 bits per heavy atom. The number of nitrogens with zero attached hydrogens (tertiary/aromatic N) is 4. The normalized spacial score (nSPS) is 20.8. The van der Waals surface area contributed by atoms with Crippen molar-refractivity contribution in [2.75, 3.05) is 27.3 Å². The predicted molar refractivity (Wildman–Crippen MR) is 396 cm³/mol. The summed E-state index contributed by atoms with van der Waals surface area (Å²) in [6.45, 7) is 33.3. The average Bonchev–Trinajstić information content (AvgIpc) is 1.60. The van der Waals surface area contributed by atoms with Gasteiger partial charge < -0.3 is 67.8 Å². The molecule has 0 spiro atoms. The molecule has 94 heavy (non-hydrogen) atoms.